The van der Waals surface area contributed by atoms with Gasteiger partial charge in [0.05, 0.1) is 12.3 Å². The zero-order valence-electron chi connectivity index (χ0n) is 12.3. The lowest BCUT2D eigenvalue weighted by molar-refractivity contribution is 0.0696. The van der Waals surface area contributed by atoms with Gasteiger partial charge in [0.1, 0.15) is 11.9 Å². The predicted molar refractivity (Wildman–Crippen MR) is 87.8 cm³/mol. The second-order valence-corrected chi connectivity index (χ2v) is 6.10. The monoisotopic (exact) mass is 301 g/mol. The average molecular weight is 301 g/mol. The van der Waals surface area contributed by atoms with E-state index in [1.165, 1.54) is 0 Å². The van der Waals surface area contributed by atoms with Gasteiger partial charge in [-0.05, 0) is 6.92 Å². The van der Waals surface area contributed by atoms with Crippen LogP contribution < -0.4 is 5.32 Å². The third kappa shape index (κ3) is 3.04. The SMILES string of the molecule is CNc1nc(C2CSCCO2)nc(-c2ccccc2)c1C. The van der Waals surface area contributed by atoms with Crippen molar-refractivity contribution in [1.29, 1.82) is 0 Å². The summed E-state index contributed by atoms with van der Waals surface area (Å²) >= 11 is 1.89. The summed E-state index contributed by atoms with van der Waals surface area (Å²) in [7, 11) is 1.89. The molecule has 21 heavy (non-hydrogen) atoms. The quantitative estimate of drug-likeness (QED) is 0.942. The van der Waals surface area contributed by atoms with Crippen molar-refractivity contribution in [3.05, 3.63) is 41.7 Å². The Balaban J connectivity index is 2.06. The molecule has 0 aliphatic carbocycles. The van der Waals surface area contributed by atoms with E-state index in [9.17, 15) is 0 Å². The van der Waals surface area contributed by atoms with Crippen molar-refractivity contribution in [2.24, 2.45) is 0 Å². The summed E-state index contributed by atoms with van der Waals surface area (Å²) in [6.07, 6.45) is -0.0149. The molecule has 1 saturated heterocycles. The van der Waals surface area contributed by atoms with Gasteiger partial charge in [0.25, 0.3) is 0 Å². The second-order valence-electron chi connectivity index (χ2n) is 4.95. The molecule has 1 aromatic carbocycles. The van der Waals surface area contributed by atoms with Gasteiger partial charge in [-0.2, -0.15) is 11.8 Å². The first-order valence-electron chi connectivity index (χ1n) is 7.10. The van der Waals surface area contributed by atoms with Gasteiger partial charge in [-0.1, -0.05) is 30.3 Å². The Bertz CT molecular complexity index is 612. The highest BCUT2D eigenvalue weighted by atomic mass is 32.2. The Labute approximate surface area is 129 Å². The molecule has 3 rings (SSSR count). The molecule has 1 aliphatic rings. The predicted octanol–water partition coefficient (Wildman–Crippen LogP) is 3.30. The number of hydrogen-bond donors (Lipinski definition) is 1. The van der Waals surface area contributed by atoms with Crippen molar-refractivity contribution in [3.8, 4) is 11.3 Å². The minimum atomic E-state index is -0.0149. The van der Waals surface area contributed by atoms with E-state index < -0.39 is 0 Å². The molecule has 1 fully saturated rings. The topological polar surface area (TPSA) is 47.0 Å². The van der Waals surface area contributed by atoms with E-state index in [0.29, 0.717) is 0 Å². The molecule has 0 spiro atoms. The van der Waals surface area contributed by atoms with E-state index in [4.69, 9.17) is 9.72 Å². The summed E-state index contributed by atoms with van der Waals surface area (Å²) in [5.74, 6) is 3.61. The van der Waals surface area contributed by atoms with Gasteiger partial charge in [0.2, 0.25) is 0 Å². The first-order chi connectivity index (χ1) is 10.3. The van der Waals surface area contributed by atoms with Crippen LogP contribution in [0.5, 0.6) is 0 Å². The van der Waals surface area contributed by atoms with Gasteiger partial charge in [-0.15, -0.1) is 0 Å². The number of anilines is 1. The van der Waals surface area contributed by atoms with Crippen LogP contribution in [-0.4, -0.2) is 35.1 Å². The molecule has 0 amide bonds. The summed E-state index contributed by atoms with van der Waals surface area (Å²) in [4.78, 5) is 9.43. The molecular weight excluding hydrogens is 282 g/mol. The fourth-order valence-corrected chi connectivity index (χ4v) is 3.28. The van der Waals surface area contributed by atoms with E-state index in [1.54, 1.807) is 0 Å². The van der Waals surface area contributed by atoms with Crippen LogP contribution >= 0.6 is 11.8 Å². The van der Waals surface area contributed by atoms with Crippen LogP contribution in [0.1, 0.15) is 17.5 Å². The summed E-state index contributed by atoms with van der Waals surface area (Å²) in [6, 6.07) is 10.2. The molecule has 0 saturated carbocycles. The van der Waals surface area contributed by atoms with E-state index >= 15 is 0 Å². The smallest absolute Gasteiger partial charge is 0.161 e. The Kier molecular flexibility index (Phi) is 4.41. The van der Waals surface area contributed by atoms with Crippen molar-refractivity contribution < 1.29 is 4.74 Å². The summed E-state index contributed by atoms with van der Waals surface area (Å²) in [5.41, 5.74) is 3.15. The van der Waals surface area contributed by atoms with Crippen molar-refractivity contribution in [2.75, 3.05) is 30.5 Å². The molecular formula is C16H19N3OS. The standard InChI is InChI=1S/C16H19N3OS/c1-11-14(12-6-4-3-5-7-12)18-16(19-15(11)17-2)13-10-21-9-8-20-13/h3-7,13H,8-10H2,1-2H3,(H,17,18,19). The highest BCUT2D eigenvalue weighted by molar-refractivity contribution is 7.99. The molecule has 2 heterocycles. The first kappa shape index (κ1) is 14.4. The fraction of sp³-hybridized carbons (Fsp3) is 0.375. The summed E-state index contributed by atoms with van der Waals surface area (Å²) < 4.78 is 5.82. The Morgan fingerprint density at radius 3 is 2.71 bits per heavy atom. The first-order valence-corrected chi connectivity index (χ1v) is 8.26. The number of hydrogen-bond acceptors (Lipinski definition) is 5. The van der Waals surface area contributed by atoms with Crippen LogP contribution in [-0.2, 0) is 4.74 Å². The third-order valence-electron chi connectivity index (χ3n) is 3.55. The molecule has 1 aliphatic heterocycles. The highest BCUT2D eigenvalue weighted by Crippen LogP contribution is 2.30. The van der Waals surface area contributed by atoms with E-state index in [-0.39, 0.29) is 6.10 Å². The molecule has 1 aromatic heterocycles. The lowest BCUT2D eigenvalue weighted by atomic mass is 10.1. The van der Waals surface area contributed by atoms with Gasteiger partial charge >= 0.3 is 0 Å². The van der Waals surface area contributed by atoms with Gasteiger partial charge in [0, 0.05) is 29.7 Å². The summed E-state index contributed by atoms with van der Waals surface area (Å²) in [6.45, 7) is 2.82. The maximum absolute atomic E-state index is 5.82. The van der Waals surface area contributed by atoms with Crippen molar-refractivity contribution in [1.82, 2.24) is 9.97 Å². The molecule has 5 heteroatoms. The number of nitrogens with one attached hydrogen (secondary N) is 1. The molecule has 0 radical (unpaired) electrons. The maximum Gasteiger partial charge on any atom is 0.161 e. The minimum Gasteiger partial charge on any atom is -0.373 e. The van der Waals surface area contributed by atoms with Gasteiger partial charge < -0.3 is 10.1 Å². The van der Waals surface area contributed by atoms with Crippen LogP contribution in [0, 0.1) is 6.92 Å². The lowest BCUT2D eigenvalue weighted by Crippen LogP contribution is -2.19. The van der Waals surface area contributed by atoms with Gasteiger partial charge in [-0.3, -0.25) is 0 Å². The summed E-state index contributed by atoms with van der Waals surface area (Å²) in [5, 5.41) is 3.17. The molecule has 1 atom stereocenters. The van der Waals surface area contributed by atoms with E-state index in [1.807, 2.05) is 37.0 Å². The number of rotatable bonds is 3. The van der Waals surface area contributed by atoms with Crippen LogP contribution in [0.2, 0.25) is 0 Å². The number of thioether (sulfide) groups is 1. The lowest BCUT2D eigenvalue weighted by Gasteiger charge is -2.22. The van der Waals surface area contributed by atoms with Crippen LogP contribution in [0.25, 0.3) is 11.3 Å². The molecule has 110 valence electrons. The van der Waals surface area contributed by atoms with E-state index in [0.717, 1.165) is 46.6 Å². The normalized spacial score (nSPS) is 18.5. The molecule has 0 bridgehead atoms. The number of ether oxygens (including phenoxy) is 1. The number of aromatic nitrogens is 2. The largest absolute Gasteiger partial charge is 0.373 e. The maximum atomic E-state index is 5.82. The molecule has 4 nitrogen and oxygen atoms in total. The van der Waals surface area contributed by atoms with Crippen molar-refractivity contribution in [2.45, 2.75) is 13.0 Å². The molecule has 1 N–H and O–H groups in total. The number of benzene rings is 1. The molecule has 2 aromatic rings. The average Bonchev–Trinajstić information content (AvgIpc) is 2.56. The van der Waals surface area contributed by atoms with Crippen LogP contribution in [0.4, 0.5) is 5.82 Å². The Morgan fingerprint density at radius 2 is 2.05 bits per heavy atom. The van der Waals surface area contributed by atoms with Gasteiger partial charge in [-0.25, -0.2) is 9.97 Å². The number of nitrogens with zero attached hydrogens (tertiary/aromatic N) is 2. The van der Waals surface area contributed by atoms with Crippen LogP contribution in [0.15, 0.2) is 30.3 Å². The highest BCUT2D eigenvalue weighted by Gasteiger charge is 2.22. The minimum absolute atomic E-state index is 0.0149. The van der Waals surface area contributed by atoms with E-state index in [2.05, 4.69) is 29.4 Å². The van der Waals surface area contributed by atoms with Crippen molar-refractivity contribution >= 4 is 17.6 Å². The fourth-order valence-electron chi connectivity index (χ4n) is 2.44. The Hall–Kier alpha value is -1.59. The third-order valence-corrected chi connectivity index (χ3v) is 4.54. The van der Waals surface area contributed by atoms with Gasteiger partial charge in [0.15, 0.2) is 5.82 Å². The zero-order chi connectivity index (χ0) is 14.7. The molecule has 1 unspecified atom stereocenters. The van der Waals surface area contributed by atoms with Crippen LogP contribution in [0.3, 0.4) is 0 Å². The van der Waals surface area contributed by atoms with Crippen molar-refractivity contribution in [3.63, 3.8) is 0 Å². The second kappa shape index (κ2) is 6.45. The zero-order valence-corrected chi connectivity index (χ0v) is 13.1. The Morgan fingerprint density at radius 1 is 1.24 bits per heavy atom.